The van der Waals surface area contributed by atoms with Crippen LogP contribution in [0.1, 0.15) is 273 Å². The number of carboxylic acids is 4. The summed E-state index contributed by atoms with van der Waals surface area (Å²) in [5.74, 6) is -4.06. The van der Waals surface area contributed by atoms with E-state index in [2.05, 4.69) is 52.0 Å². The Labute approximate surface area is 417 Å². The molecule has 0 spiro atoms. The van der Waals surface area contributed by atoms with Gasteiger partial charge >= 0.3 is 47.8 Å². The Morgan fingerprint density at radius 2 is 0.565 bits per heavy atom. The van der Waals surface area contributed by atoms with Crippen LogP contribution in [0.4, 0.5) is 0 Å². The van der Waals surface area contributed by atoms with Crippen molar-refractivity contribution in [2.24, 2.45) is 11.8 Å². The second-order valence-corrected chi connectivity index (χ2v) is 16.5. The minimum Gasteiger partial charge on any atom is -0.550 e. The number of rotatable bonds is 40. The Kier molecular flexibility index (Phi) is 75.2. The summed E-state index contributed by atoms with van der Waals surface area (Å²) in [6.07, 6.45) is 48.8. The maximum absolute atomic E-state index is 10.3. The minimum atomic E-state index is -0.914. The SMILES string of the molecule is CCCCC(CC)C(=O)[O-].CCCCC(CC)C(=O)[O-].CCCCCCCC/C=C\CCCCCCCC(=O)[O-].CCCCCCCC/C=C\CCCCCCCC(=O)[O-].[Sn+2].[Sn+2]. The van der Waals surface area contributed by atoms with Gasteiger partial charge in [0.05, 0.1) is 0 Å². The average molecular weight is 1090 g/mol. The van der Waals surface area contributed by atoms with Gasteiger partial charge in [0, 0.05) is 23.9 Å². The van der Waals surface area contributed by atoms with Gasteiger partial charge in [-0.3, -0.25) is 0 Å². The van der Waals surface area contributed by atoms with E-state index in [1.54, 1.807) is 0 Å². The van der Waals surface area contributed by atoms with Crippen LogP contribution >= 0.6 is 0 Å². The van der Waals surface area contributed by atoms with Gasteiger partial charge in [0.2, 0.25) is 0 Å². The van der Waals surface area contributed by atoms with Crippen molar-refractivity contribution in [1.82, 2.24) is 0 Å². The molecule has 10 heteroatoms. The Balaban J connectivity index is -0.000000175. The number of carboxylic acid groups (broad SMARTS) is 4. The Hall–Kier alpha value is -1.04. The van der Waals surface area contributed by atoms with Gasteiger partial charge in [-0.1, -0.05) is 194 Å². The summed E-state index contributed by atoms with van der Waals surface area (Å²) in [5.41, 5.74) is 0. The van der Waals surface area contributed by atoms with Gasteiger partial charge in [-0.2, -0.15) is 0 Å². The maximum Gasteiger partial charge on any atom is 2.00 e. The van der Waals surface area contributed by atoms with Gasteiger partial charge in [-0.15, -0.1) is 0 Å². The van der Waals surface area contributed by atoms with Gasteiger partial charge in [-0.25, -0.2) is 0 Å². The molecule has 0 aliphatic rings. The Morgan fingerprint density at radius 1 is 0.339 bits per heavy atom. The van der Waals surface area contributed by atoms with Crippen LogP contribution in [0.15, 0.2) is 24.3 Å². The zero-order valence-electron chi connectivity index (χ0n) is 41.2. The molecule has 4 radical (unpaired) electrons. The predicted molar refractivity (Wildman–Crippen MR) is 257 cm³/mol. The monoisotopic (exact) mass is 1090 g/mol. The summed E-state index contributed by atoms with van der Waals surface area (Å²) in [7, 11) is 0. The van der Waals surface area contributed by atoms with Crippen molar-refractivity contribution in [2.75, 3.05) is 0 Å². The summed E-state index contributed by atoms with van der Waals surface area (Å²) in [4.78, 5) is 41.1. The molecule has 2 atom stereocenters. The molecule has 0 saturated carbocycles. The Bertz CT molecular complexity index is 896. The first-order valence-corrected chi connectivity index (χ1v) is 25.1. The second-order valence-electron chi connectivity index (χ2n) is 16.5. The summed E-state index contributed by atoms with van der Waals surface area (Å²) < 4.78 is 0. The van der Waals surface area contributed by atoms with E-state index in [4.69, 9.17) is 0 Å². The van der Waals surface area contributed by atoms with Gasteiger partial charge in [-0.05, 0) is 115 Å². The zero-order valence-corrected chi connectivity index (χ0v) is 46.9. The summed E-state index contributed by atoms with van der Waals surface area (Å²) in [6.45, 7) is 12.4. The van der Waals surface area contributed by atoms with Crippen molar-refractivity contribution in [2.45, 2.75) is 273 Å². The normalized spacial score (nSPS) is 11.5. The van der Waals surface area contributed by atoms with Crippen LogP contribution < -0.4 is 20.4 Å². The molecule has 0 aromatic heterocycles. The smallest absolute Gasteiger partial charge is 0.550 e. The van der Waals surface area contributed by atoms with Crippen LogP contribution in [-0.2, 0) is 19.2 Å². The minimum absolute atomic E-state index is 0. The zero-order chi connectivity index (χ0) is 45.7. The van der Waals surface area contributed by atoms with Crippen molar-refractivity contribution in [1.29, 1.82) is 0 Å². The van der Waals surface area contributed by atoms with Crippen LogP contribution in [-0.4, -0.2) is 71.7 Å². The number of allylic oxidation sites excluding steroid dienone is 4. The van der Waals surface area contributed by atoms with E-state index in [1.807, 2.05) is 13.8 Å². The van der Waals surface area contributed by atoms with Crippen LogP contribution in [0, 0.1) is 11.8 Å². The molecular formula is C52H96O8Sn2. The largest absolute Gasteiger partial charge is 2.00 e. The third-order valence-electron chi connectivity index (χ3n) is 10.7. The molecule has 8 nitrogen and oxygen atoms in total. The average Bonchev–Trinajstić information content (AvgIpc) is 3.21. The summed E-state index contributed by atoms with van der Waals surface area (Å²) in [6, 6.07) is 0. The fourth-order valence-electron chi connectivity index (χ4n) is 6.56. The molecule has 0 amide bonds. The van der Waals surface area contributed by atoms with E-state index in [-0.39, 0.29) is 72.5 Å². The topological polar surface area (TPSA) is 161 Å². The third-order valence-corrected chi connectivity index (χ3v) is 10.7. The number of carbonyl (C=O) groups excluding carboxylic acids is 4. The van der Waals surface area contributed by atoms with Gasteiger partial charge in [0.1, 0.15) is 0 Å². The predicted octanol–water partition coefficient (Wildman–Crippen LogP) is 10.7. The molecule has 0 N–H and O–H groups in total. The molecule has 0 fully saturated rings. The van der Waals surface area contributed by atoms with E-state index in [9.17, 15) is 39.6 Å². The Morgan fingerprint density at radius 3 is 0.774 bits per heavy atom. The van der Waals surface area contributed by atoms with E-state index < -0.39 is 23.9 Å². The molecule has 0 heterocycles. The summed E-state index contributed by atoms with van der Waals surface area (Å²) >= 11 is 0. The van der Waals surface area contributed by atoms with E-state index in [0.29, 0.717) is 12.8 Å². The van der Waals surface area contributed by atoms with Crippen LogP contribution in [0.25, 0.3) is 0 Å². The van der Waals surface area contributed by atoms with Crippen molar-refractivity contribution in [3.05, 3.63) is 24.3 Å². The van der Waals surface area contributed by atoms with Crippen molar-refractivity contribution in [3.63, 3.8) is 0 Å². The molecule has 360 valence electrons. The number of unbranched alkanes of at least 4 members (excludes halogenated alkanes) is 24. The number of hydrogen-bond acceptors (Lipinski definition) is 8. The van der Waals surface area contributed by atoms with Gasteiger partial charge < -0.3 is 39.6 Å². The van der Waals surface area contributed by atoms with Crippen LogP contribution in [0.5, 0.6) is 0 Å². The number of hydrogen-bond donors (Lipinski definition) is 0. The molecule has 0 aliphatic carbocycles. The molecule has 0 bridgehead atoms. The molecule has 0 rings (SSSR count). The fourth-order valence-corrected chi connectivity index (χ4v) is 6.56. The third kappa shape index (κ3) is 70.6. The molecule has 0 aromatic carbocycles. The van der Waals surface area contributed by atoms with E-state index in [0.717, 1.165) is 77.0 Å². The number of carbonyl (C=O) groups is 4. The van der Waals surface area contributed by atoms with Crippen LogP contribution in [0.2, 0.25) is 0 Å². The van der Waals surface area contributed by atoms with E-state index >= 15 is 0 Å². The molecule has 0 aromatic rings. The quantitative estimate of drug-likeness (QED) is 0.0333. The molecular weight excluding hydrogens is 990 g/mol. The first-order chi connectivity index (χ1) is 29.0. The standard InChI is InChI=1S/2C18H34O2.2C8H16O2.2Sn/c2*1-2-3-4-5-6-7-8-9-10-11-12-13-14-15-16-17-18(19)20;2*1-3-5-6-7(4-2)8(9)10;;/h2*9-10H,2-8,11-17H2,1H3,(H,19,20);2*7H,3-6H2,1-2H3,(H,9,10);;/q;;;;2*+2/p-4/b2*10-9-;;;;. The fraction of sp³-hybridized carbons (Fsp3) is 0.846. The molecule has 0 saturated heterocycles. The maximum atomic E-state index is 10.3. The van der Waals surface area contributed by atoms with Crippen molar-refractivity contribution >= 4 is 71.7 Å². The van der Waals surface area contributed by atoms with Crippen molar-refractivity contribution < 1.29 is 39.6 Å². The van der Waals surface area contributed by atoms with Crippen molar-refractivity contribution in [3.8, 4) is 0 Å². The molecule has 2 unspecified atom stereocenters. The first kappa shape index (κ1) is 72.6. The molecule has 62 heavy (non-hydrogen) atoms. The van der Waals surface area contributed by atoms with E-state index in [1.165, 1.54) is 128 Å². The molecule has 0 aliphatic heterocycles. The second kappa shape index (κ2) is 64.2. The van der Waals surface area contributed by atoms with Crippen LogP contribution in [0.3, 0.4) is 0 Å². The first-order valence-electron chi connectivity index (χ1n) is 25.1. The van der Waals surface area contributed by atoms with Gasteiger partial charge in [0.25, 0.3) is 0 Å². The number of aliphatic carboxylic acids is 4. The summed E-state index contributed by atoms with van der Waals surface area (Å²) in [5, 5.41) is 41.1. The van der Waals surface area contributed by atoms with Gasteiger partial charge in [0.15, 0.2) is 0 Å².